The van der Waals surface area contributed by atoms with Gasteiger partial charge in [-0.1, -0.05) is 60.7 Å². The van der Waals surface area contributed by atoms with Gasteiger partial charge in [0.05, 0.1) is 6.61 Å². The van der Waals surface area contributed by atoms with Gasteiger partial charge in [0.2, 0.25) is 5.79 Å². The predicted molar refractivity (Wildman–Crippen MR) is 81.2 cm³/mol. The summed E-state index contributed by atoms with van der Waals surface area (Å²) in [5.41, 5.74) is 0.0581. The highest BCUT2D eigenvalue weighted by Gasteiger charge is 2.58. The second-order valence-corrected chi connectivity index (χ2v) is 5.60. The van der Waals surface area contributed by atoms with Crippen molar-refractivity contribution in [3.8, 4) is 0 Å². The molecule has 2 aromatic carbocycles. The average molecular weight is 298 g/mol. The number of Topliss-reactive ketones (excluding diaryl/α,β-unsaturated/α-hetero) is 1. The smallest absolute Gasteiger partial charge is 0.213 e. The molecule has 4 heteroatoms. The molecule has 3 rings (SSSR count). The highest BCUT2D eigenvalue weighted by Crippen LogP contribution is 2.45. The molecule has 4 nitrogen and oxygen atoms in total. The van der Waals surface area contributed by atoms with Crippen molar-refractivity contribution in [2.24, 2.45) is 0 Å². The molecule has 2 atom stereocenters. The first-order chi connectivity index (χ1) is 10.6. The van der Waals surface area contributed by atoms with Crippen molar-refractivity contribution in [3.05, 3.63) is 71.8 Å². The molecule has 22 heavy (non-hydrogen) atoms. The number of carbonyl (C=O) groups is 1. The van der Waals surface area contributed by atoms with Crippen molar-refractivity contribution in [3.63, 3.8) is 0 Å². The first-order valence-corrected chi connectivity index (χ1v) is 7.26. The molecule has 1 fully saturated rings. The SMILES string of the molecule is CC1(O)OOCCC1(C(=O)c1ccccc1)c1ccccc1. The minimum absolute atomic E-state index is 0.174. The monoisotopic (exact) mass is 298 g/mol. The maximum atomic E-state index is 13.2. The Labute approximate surface area is 129 Å². The third kappa shape index (κ3) is 2.25. The number of benzene rings is 2. The summed E-state index contributed by atoms with van der Waals surface area (Å²) < 4.78 is 0. The molecule has 1 N–H and O–H groups in total. The zero-order valence-corrected chi connectivity index (χ0v) is 12.4. The number of ketones is 1. The maximum absolute atomic E-state index is 13.2. The van der Waals surface area contributed by atoms with Gasteiger partial charge >= 0.3 is 0 Å². The predicted octanol–water partition coefficient (Wildman–Crippen LogP) is 2.87. The topological polar surface area (TPSA) is 55.8 Å². The number of rotatable bonds is 3. The van der Waals surface area contributed by atoms with Crippen molar-refractivity contribution >= 4 is 5.78 Å². The van der Waals surface area contributed by atoms with Gasteiger partial charge in [-0.05, 0) is 18.9 Å². The average Bonchev–Trinajstić information content (AvgIpc) is 2.56. The van der Waals surface area contributed by atoms with Gasteiger partial charge in [-0.25, -0.2) is 9.78 Å². The van der Waals surface area contributed by atoms with Crippen LogP contribution >= 0.6 is 0 Å². The van der Waals surface area contributed by atoms with Gasteiger partial charge in [0.25, 0.3) is 0 Å². The van der Waals surface area contributed by atoms with Crippen LogP contribution in [0.2, 0.25) is 0 Å². The van der Waals surface area contributed by atoms with Crippen molar-refractivity contribution in [2.45, 2.75) is 24.5 Å². The lowest BCUT2D eigenvalue weighted by Gasteiger charge is -2.45. The van der Waals surface area contributed by atoms with Crippen molar-refractivity contribution in [2.75, 3.05) is 6.61 Å². The quantitative estimate of drug-likeness (QED) is 0.699. The Morgan fingerprint density at radius 2 is 1.64 bits per heavy atom. The Morgan fingerprint density at radius 3 is 2.23 bits per heavy atom. The Bertz CT molecular complexity index is 651. The third-order valence-corrected chi connectivity index (χ3v) is 4.26. The summed E-state index contributed by atoms with van der Waals surface area (Å²) in [6, 6.07) is 18.2. The maximum Gasteiger partial charge on any atom is 0.213 e. The summed E-state index contributed by atoms with van der Waals surface area (Å²) in [7, 11) is 0. The molecule has 0 bridgehead atoms. The fraction of sp³-hybridized carbons (Fsp3) is 0.278. The molecule has 1 aliphatic rings. The van der Waals surface area contributed by atoms with Crippen LogP contribution in [0, 0.1) is 0 Å². The van der Waals surface area contributed by atoms with E-state index in [0.717, 1.165) is 5.56 Å². The molecule has 0 saturated carbocycles. The Kier molecular flexibility index (Phi) is 3.83. The van der Waals surface area contributed by atoms with Crippen LogP contribution in [0.5, 0.6) is 0 Å². The van der Waals surface area contributed by atoms with Crippen LogP contribution in [-0.2, 0) is 15.2 Å². The number of aliphatic hydroxyl groups is 1. The molecule has 0 spiro atoms. The Hall–Kier alpha value is -2.01. The first-order valence-electron chi connectivity index (χ1n) is 7.26. The van der Waals surface area contributed by atoms with Crippen LogP contribution in [0.1, 0.15) is 29.3 Å². The molecule has 2 aromatic rings. The molecular formula is C18H18O4. The van der Waals surface area contributed by atoms with E-state index >= 15 is 0 Å². The van der Waals surface area contributed by atoms with Gasteiger partial charge in [0.1, 0.15) is 5.41 Å². The molecule has 0 aliphatic carbocycles. The van der Waals surface area contributed by atoms with E-state index in [2.05, 4.69) is 0 Å². The van der Waals surface area contributed by atoms with Crippen LogP contribution in [-0.4, -0.2) is 23.3 Å². The molecule has 1 heterocycles. The van der Waals surface area contributed by atoms with Gasteiger partial charge in [-0.3, -0.25) is 4.79 Å². The molecular weight excluding hydrogens is 280 g/mol. The molecule has 1 saturated heterocycles. The van der Waals surface area contributed by atoms with E-state index in [1.54, 1.807) is 24.3 Å². The minimum atomic E-state index is -1.75. The van der Waals surface area contributed by atoms with E-state index in [0.29, 0.717) is 12.0 Å². The van der Waals surface area contributed by atoms with E-state index < -0.39 is 11.2 Å². The molecule has 0 amide bonds. The first kappa shape index (κ1) is 14.9. The fourth-order valence-corrected chi connectivity index (χ4v) is 3.08. The summed E-state index contributed by atoms with van der Waals surface area (Å²) in [5, 5.41) is 10.8. The zero-order chi connectivity index (χ0) is 15.6. The molecule has 0 radical (unpaired) electrons. The third-order valence-electron chi connectivity index (χ3n) is 4.26. The standard InChI is InChI=1S/C18H18O4/c1-17(20)18(12-13-21-22-17,15-10-6-3-7-11-15)16(19)14-8-4-2-5-9-14/h2-11,20H,12-13H2,1H3. The minimum Gasteiger partial charge on any atom is -0.362 e. The van der Waals surface area contributed by atoms with Crippen LogP contribution < -0.4 is 0 Å². The van der Waals surface area contributed by atoms with Crippen LogP contribution in [0.4, 0.5) is 0 Å². The molecule has 2 unspecified atom stereocenters. The van der Waals surface area contributed by atoms with Crippen molar-refractivity contribution in [1.82, 2.24) is 0 Å². The Morgan fingerprint density at radius 1 is 1.05 bits per heavy atom. The number of hydrogen-bond donors (Lipinski definition) is 1. The van der Waals surface area contributed by atoms with E-state index in [9.17, 15) is 9.90 Å². The normalized spacial score (nSPS) is 28.3. The summed E-state index contributed by atoms with van der Waals surface area (Å²) in [4.78, 5) is 23.3. The van der Waals surface area contributed by atoms with Gasteiger partial charge in [0, 0.05) is 5.56 Å². The van der Waals surface area contributed by atoms with Gasteiger partial charge in [-0.15, -0.1) is 0 Å². The lowest BCUT2D eigenvalue weighted by atomic mass is 9.66. The molecule has 0 aromatic heterocycles. The van der Waals surface area contributed by atoms with Crippen molar-refractivity contribution < 1.29 is 19.7 Å². The summed E-state index contributed by atoms with van der Waals surface area (Å²) in [5.74, 6) is -1.92. The van der Waals surface area contributed by atoms with E-state index in [-0.39, 0.29) is 12.4 Å². The van der Waals surface area contributed by atoms with E-state index in [1.807, 2.05) is 36.4 Å². The van der Waals surface area contributed by atoms with Crippen LogP contribution in [0.25, 0.3) is 0 Å². The summed E-state index contributed by atoms with van der Waals surface area (Å²) >= 11 is 0. The zero-order valence-electron chi connectivity index (χ0n) is 12.4. The summed E-state index contributed by atoms with van der Waals surface area (Å²) in [6.07, 6.45) is 0.345. The van der Waals surface area contributed by atoms with Crippen molar-refractivity contribution in [1.29, 1.82) is 0 Å². The highest BCUT2D eigenvalue weighted by molar-refractivity contribution is 6.05. The molecule has 1 aliphatic heterocycles. The van der Waals surface area contributed by atoms with Crippen LogP contribution in [0.3, 0.4) is 0 Å². The number of carbonyl (C=O) groups excluding carboxylic acids is 1. The fourth-order valence-electron chi connectivity index (χ4n) is 3.08. The van der Waals surface area contributed by atoms with E-state index in [1.165, 1.54) is 6.92 Å². The Balaban J connectivity index is 2.18. The van der Waals surface area contributed by atoms with Gasteiger partial charge in [0.15, 0.2) is 5.78 Å². The second-order valence-electron chi connectivity index (χ2n) is 5.60. The highest BCUT2D eigenvalue weighted by atomic mass is 17.2. The lowest BCUT2D eigenvalue weighted by molar-refractivity contribution is -0.450. The lowest BCUT2D eigenvalue weighted by Crippen LogP contribution is -2.59. The second kappa shape index (κ2) is 5.65. The van der Waals surface area contributed by atoms with Gasteiger partial charge in [-0.2, -0.15) is 0 Å². The van der Waals surface area contributed by atoms with E-state index in [4.69, 9.17) is 9.78 Å². The largest absolute Gasteiger partial charge is 0.362 e. The van der Waals surface area contributed by atoms with Crippen LogP contribution in [0.15, 0.2) is 60.7 Å². The van der Waals surface area contributed by atoms with Gasteiger partial charge < -0.3 is 5.11 Å². The molecule has 114 valence electrons. The number of hydrogen-bond acceptors (Lipinski definition) is 4. The summed E-state index contributed by atoms with van der Waals surface area (Å²) in [6.45, 7) is 1.71.